The fourth-order valence-corrected chi connectivity index (χ4v) is 3.71. The van der Waals surface area contributed by atoms with Crippen LogP contribution in [0.3, 0.4) is 0 Å². The van der Waals surface area contributed by atoms with Crippen LogP contribution in [-0.2, 0) is 11.2 Å². The molecule has 0 bridgehead atoms. The van der Waals surface area contributed by atoms with Gasteiger partial charge in [0, 0.05) is 22.9 Å². The smallest absolute Gasteiger partial charge is 0.336 e. The van der Waals surface area contributed by atoms with Crippen LogP contribution in [0.25, 0.3) is 21.5 Å². The number of rotatable bonds is 6. The highest BCUT2D eigenvalue weighted by Crippen LogP contribution is 2.32. The number of nitrogens with zero attached hydrogens (tertiary/aromatic N) is 1. The Kier molecular flexibility index (Phi) is 5.39. The Morgan fingerprint density at radius 2 is 1.97 bits per heavy atom. The third kappa shape index (κ3) is 4.35. The van der Waals surface area contributed by atoms with Gasteiger partial charge in [-0.1, -0.05) is 12.1 Å². The number of ether oxygens (including phenoxy) is 2. The van der Waals surface area contributed by atoms with Crippen LogP contribution in [0.5, 0.6) is 11.5 Å². The summed E-state index contributed by atoms with van der Waals surface area (Å²) in [6.07, 6.45) is 0.0318. The van der Waals surface area contributed by atoms with Crippen molar-refractivity contribution in [2.24, 2.45) is 0 Å². The van der Waals surface area contributed by atoms with Gasteiger partial charge in [-0.25, -0.2) is 9.78 Å². The first-order valence-electron chi connectivity index (χ1n) is 9.03. The molecule has 0 amide bonds. The molecule has 146 valence electrons. The van der Waals surface area contributed by atoms with Crippen LogP contribution in [0.2, 0.25) is 0 Å². The number of hydrogen-bond donors (Lipinski definition) is 0. The number of para-hydroxylation sites is 1. The molecule has 0 aliphatic carbocycles. The van der Waals surface area contributed by atoms with Gasteiger partial charge in [0.05, 0.1) is 24.3 Å². The second-order valence-electron chi connectivity index (χ2n) is 6.18. The molecule has 0 aliphatic rings. The van der Waals surface area contributed by atoms with Crippen molar-refractivity contribution in [1.82, 2.24) is 4.98 Å². The number of carbonyl (C=O) groups excluding carboxylic acids is 1. The zero-order valence-electron chi connectivity index (χ0n) is 15.6. The summed E-state index contributed by atoms with van der Waals surface area (Å²) in [4.78, 5) is 28.2. The molecule has 0 fully saturated rings. The summed E-state index contributed by atoms with van der Waals surface area (Å²) in [6, 6.07) is 15.6. The third-order valence-corrected chi connectivity index (χ3v) is 5.05. The van der Waals surface area contributed by atoms with E-state index in [1.165, 1.54) is 23.5 Å². The van der Waals surface area contributed by atoms with E-state index in [9.17, 15) is 9.59 Å². The van der Waals surface area contributed by atoms with Crippen molar-refractivity contribution in [3.05, 3.63) is 76.1 Å². The Balaban J connectivity index is 1.48. The molecule has 0 atom stereocenters. The molecule has 0 N–H and O–H groups in total. The Morgan fingerprint density at radius 1 is 1.14 bits per heavy atom. The second kappa shape index (κ2) is 8.28. The molecule has 0 spiro atoms. The predicted molar refractivity (Wildman–Crippen MR) is 111 cm³/mol. The van der Waals surface area contributed by atoms with Gasteiger partial charge in [-0.2, -0.15) is 0 Å². The first-order chi connectivity index (χ1) is 14.1. The van der Waals surface area contributed by atoms with E-state index in [4.69, 9.17) is 13.9 Å². The van der Waals surface area contributed by atoms with Gasteiger partial charge >= 0.3 is 11.6 Å². The van der Waals surface area contributed by atoms with Gasteiger partial charge in [0.1, 0.15) is 22.1 Å². The molecule has 6 nitrogen and oxygen atoms in total. The first-order valence-corrected chi connectivity index (χ1v) is 9.91. The van der Waals surface area contributed by atoms with Gasteiger partial charge in [0.2, 0.25) is 0 Å². The minimum absolute atomic E-state index is 0.0318. The average molecular weight is 407 g/mol. The third-order valence-electron chi connectivity index (χ3n) is 4.12. The topological polar surface area (TPSA) is 78.6 Å². The van der Waals surface area contributed by atoms with Crippen molar-refractivity contribution in [3.63, 3.8) is 0 Å². The number of esters is 1. The summed E-state index contributed by atoms with van der Waals surface area (Å²) in [6.45, 7) is 2.49. The second-order valence-corrected chi connectivity index (χ2v) is 7.04. The standard InChI is InChI=1S/C22H17NO5S/c1-2-26-18-6-4-3-5-17(18)22-23-15(13-29-22)11-21(25)27-16-9-7-14-8-10-20(24)28-19(14)12-16/h3-10,12-13H,2,11H2,1H3. The summed E-state index contributed by atoms with van der Waals surface area (Å²) in [7, 11) is 0. The molecule has 4 aromatic rings. The van der Waals surface area contributed by atoms with E-state index in [1.807, 2.05) is 36.6 Å². The van der Waals surface area contributed by atoms with E-state index in [-0.39, 0.29) is 6.42 Å². The highest BCUT2D eigenvalue weighted by Gasteiger charge is 2.14. The normalized spacial score (nSPS) is 10.8. The fraction of sp³-hybridized carbons (Fsp3) is 0.136. The lowest BCUT2D eigenvalue weighted by molar-refractivity contribution is -0.133. The van der Waals surface area contributed by atoms with Crippen molar-refractivity contribution < 1.29 is 18.7 Å². The Labute approximate surface area is 170 Å². The quantitative estimate of drug-likeness (QED) is 0.267. The zero-order chi connectivity index (χ0) is 20.2. The number of carbonyl (C=O) groups is 1. The molecule has 0 radical (unpaired) electrons. The maximum absolute atomic E-state index is 12.3. The van der Waals surface area contributed by atoms with Crippen LogP contribution in [0.1, 0.15) is 12.6 Å². The average Bonchev–Trinajstić information content (AvgIpc) is 3.16. The monoisotopic (exact) mass is 407 g/mol. The molecule has 2 aromatic heterocycles. The van der Waals surface area contributed by atoms with Gasteiger partial charge in [-0.3, -0.25) is 4.79 Å². The maximum Gasteiger partial charge on any atom is 0.336 e. The lowest BCUT2D eigenvalue weighted by Gasteiger charge is -2.07. The summed E-state index contributed by atoms with van der Waals surface area (Å²) in [5.41, 5.74) is 1.42. The summed E-state index contributed by atoms with van der Waals surface area (Å²) >= 11 is 1.45. The zero-order valence-corrected chi connectivity index (χ0v) is 16.4. The largest absolute Gasteiger partial charge is 0.493 e. The van der Waals surface area contributed by atoms with E-state index in [2.05, 4.69) is 4.98 Å². The van der Waals surface area contributed by atoms with E-state index in [1.54, 1.807) is 18.2 Å². The molecule has 0 aliphatic heterocycles. The molecule has 2 heterocycles. The maximum atomic E-state index is 12.3. The van der Waals surface area contributed by atoms with Crippen LogP contribution >= 0.6 is 11.3 Å². The number of aromatic nitrogens is 1. The first kappa shape index (κ1) is 18.9. The molecule has 0 saturated carbocycles. The fourth-order valence-electron chi connectivity index (χ4n) is 2.86. The Morgan fingerprint density at radius 3 is 2.83 bits per heavy atom. The van der Waals surface area contributed by atoms with E-state index in [0.29, 0.717) is 23.6 Å². The van der Waals surface area contributed by atoms with Crippen LogP contribution in [0.4, 0.5) is 0 Å². The summed E-state index contributed by atoms with van der Waals surface area (Å²) in [5.74, 6) is 0.627. The van der Waals surface area contributed by atoms with Crippen molar-refractivity contribution >= 4 is 28.3 Å². The summed E-state index contributed by atoms with van der Waals surface area (Å²) in [5, 5.41) is 3.37. The van der Waals surface area contributed by atoms with Crippen LogP contribution < -0.4 is 15.1 Å². The molecule has 0 saturated heterocycles. The minimum Gasteiger partial charge on any atom is -0.493 e. The number of benzene rings is 2. The van der Waals surface area contributed by atoms with Crippen molar-refractivity contribution in [2.45, 2.75) is 13.3 Å². The van der Waals surface area contributed by atoms with Crippen molar-refractivity contribution in [2.75, 3.05) is 6.61 Å². The molecule has 2 aromatic carbocycles. The van der Waals surface area contributed by atoms with Gasteiger partial charge in [0.25, 0.3) is 0 Å². The number of fused-ring (bicyclic) bond motifs is 1. The molecular formula is C22H17NO5S. The highest BCUT2D eigenvalue weighted by atomic mass is 32.1. The van der Waals surface area contributed by atoms with Gasteiger partial charge in [-0.15, -0.1) is 11.3 Å². The molecule has 29 heavy (non-hydrogen) atoms. The molecule has 7 heteroatoms. The lowest BCUT2D eigenvalue weighted by atomic mass is 10.2. The summed E-state index contributed by atoms with van der Waals surface area (Å²) < 4.78 is 16.1. The van der Waals surface area contributed by atoms with E-state index >= 15 is 0 Å². The minimum atomic E-state index is -0.455. The van der Waals surface area contributed by atoms with E-state index < -0.39 is 11.6 Å². The Hall–Kier alpha value is -3.45. The highest BCUT2D eigenvalue weighted by molar-refractivity contribution is 7.13. The number of thiazole rings is 1. The SMILES string of the molecule is CCOc1ccccc1-c1nc(CC(=O)Oc2ccc3ccc(=O)oc3c2)cs1. The molecular weight excluding hydrogens is 390 g/mol. The van der Waals surface area contributed by atoms with Crippen molar-refractivity contribution in [1.29, 1.82) is 0 Å². The van der Waals surface area contributed by atoms with Gasteiger partial charge in [-0.05, 0) is 37.3 Å². The van der Waals surface area contributed by atoms with Gasteiger partial charge in [0.15, 0.2) is 0 Å². The van der Waals surface area contributed by atoms with Crippen molar-refractivity contribution in [3.8, 4) is 22.1 Å². The van der Waals surface area contributed by atoms with E-state index in [0.717, 1.165) is 21.7 Å². The predicted octanol–water partition coefficient (Wildman–Crippen LogP) is 4.46. The van der Waals surface area contributed by atoms with Gasteiger partial charge < -0.3 is 13.9 Å². The van der Waals surface area contributed by atoms with Crippen LogP contribution in [0.15, 0.2) is 69.2 Å². The molecule has 4 rings (SSSR count). The number of hydrogen-bond acceptors (Lipinski definition) is 7. The lowest BCUT2D eigenvalue weighted by Crippen LogP contribution is -2.11. The molecule has 0 unspecified atom stereocenters. The van der Waals surface area contributed by atoms with Crippen LogP contribution in [-0.4, -0.2) is 17.6 Å². The van der Waals surface area contributed by atoms with Crippen LogP contribution in [0, 0.1) is 0 Å². The Bertz CT molecular complexity index is 1230.